The largest absolute Gasteiger partial charge is 0.346 e. The van der Waals surface area contributed by atoms with E-state index in [1.165, 1.54) is 19.3 Å². The number of carbonyl (C=O) groups is 1. The first-order chi connectivity index (χ1) is 15.1. The van der Waals surface area contributed by atoms with Crippen molar-refractivity contribution in [2.75, 3.05) is 0 Å². The van der Waals surface area contributed by atoms with Crippen molar-refractivity contribution in [3.8, 4) is 0 Å². The Labute approximate surface area is 191 Å². The molecule has 1 aliphatic carbocycles. The maximum absolute atomic E-state index is 11.6. The number of halogens is 1. The molecule has 0 atom stereocenters. The maximum Gasteiger partial charge on any atom is 0.147 e. The van der Waals surface area contributed by atoms with Crippen LogP contribution < -0.4 is 5.32 Å². The Bertz CT molecular complexity index is 890. The number of hydrogen-bond acceptors (Lipinski definition) is 3. The van der Waals surface area contributed by atoms with Gasteiger partial charge in [-0.2, -0.15) is 0 Å². The second-order valence-electron chi connectivity index (χ2n) is 7.61. The molecule has 0 bridgehead atoms. The first kappa shape index (κ1) is 24.5. The van der Waals surface area contributed by atoms with Gasteiger partial charge in [0, 0.05) is 17.4 Å². The monoisotopic (exact) mass is 437 g/mol. The number of nitrogens with zero attached hydrogens (tertiary/aromatic N) is 2. The molecule has 0 unspecified atom stereocenters. The van der Waals surface area contributed by atoms with Crippen LogP contribution in [0.4, 0.5) is 0 Å². The Morgan fingerprint density at radius 3 is 2.61 bits per heavy atom. The van der Waals surface area contributed by atoms with Crippen molar-refractivity contribution >= 4 is 41.7 Å². The third-order valence-electron chi connectivity index (χ3n) is 5.26. The van der Waals surface area contributed by atoms with E-state index in [1.54, 1.807) is 24.7 Å². The Morgan fingerprint density at radius 1 is 1.23 bits per heavy atom. The van der Waals surface area contributed by atoms with Gasteiger partial charge in [-0.05, 0) is 49.8 Å². The van der Waals surface area contributed by atoms with Gasteiger partial charge in [-0.1, -0.05) is 74.4 Å². The summed E-state index contributed by atoms with van der Waals surface area (Å²) in [7, 11) is 0. The molecule has 1 aromatic carbocycles. The highest BCUT2D eigenvalue weighted by Gasteiger charge is 2.13. The molecule has 2 rings (SSSR count). The molecule has 5 heteroatoms. The second kappa shape index (κ2) is 13.6. The third-order valence-corrected chi connectivity index (χ3v) is 5.49. The molecule has 1 saturated carbocycles. The van der Waals surface area contributed by atoms with E-state index >= 15 is 0 Å². The highest BCUT2D eigenvalue weighted by atomic mass is 35.5. The lowest BCUT2D eigenvalue weighted by molar-refractivity contribution is -0.104. The molecule has 1 aromatic rings. The fourth-order valence-electron chi connectivity index (χ4n) is 3.58. The number of allylic oxidation sites excluding steroid dienone is 4. The smallest absolute Gasteiger partial charge is 0.147 e. The van der Waals surface area contributed by atoms with Crippen LogP contribution in [0.3, 0.4) is 0 Å². The standard InChI is InChI=1S/C26H32ClN3O/c1-4-11-25(27)28-17-10-12-20(2)23-15-8-9-16-24(23)26(21(3)18-31)30-19-29-22-13-6-5-7-14-22/h4,8-9,11,15-19,22H,1-2,5-7,10,12-14H2,3H3,(H,29,30)/b25-11-,26-21-,28-17-. The minimum atomic E-state index is 0.366. The Balaban J connectivity index is 2.15. The van der Waals surface area contributed by atoms with E-state index in [9.17, 15) is 4.79 Å². The topological polar surface area (TPSA) is 53.8 Å². The van der Waals surface area contributed by atoms with Crippen molar-refractivity contribution < 1.29 is 4.79 Å². The Hall–Kier alpha value is -2.72. The van der Waals surface area contributed by atoms with Crippen LogP contribution in [0.15, 0.2) is 70.3 Å². The summed E-state index contributed by atoms with van der Waals surface area (Å²) >= 11 is 5.95. The quantitative estimate of drug-likeness (QED) is 0.104. The molecule has 0 spiro atoms. The van der Waals surface area contributed by atoms with E-state index in [-0.39, 0.29) is 0 Å². The van der Waals surface area contributed by atoms with Gasteiger partial charge in [0.15, 0.2) is 0 Å². The predicted molar refractivity (Wildman–Crippen MR) is 134 cm³/mol. The highest BCUT2D eigenvalue weighted by molar-refractivity contribution is 6.29. The Kier molecular flexibility index (Phi) is 10.7. The molecular formula is C26H32ClN3O. The fourth-order valence-corrected chi connectivity index (χ4v) is 3.73. The Morgan fingerprint density at radius 2 is 1.94 bits per heavy atom. The van der Waals surface area contributed by atoms with Crippen LogP contribution in [0, 0.1) is 0 Å². The van der Waals surface area contributed by atoms with Gasteiger partial charge >= 0.3 is 0 Å². The molecule has 0 saturated heterocycles. The lowest BCUT2D eigenvalue weighted by Crippen LogP contribution is -2.17. The van der Waals surface area contributed by atoms with Crippen molar-refractivity contribution in [3.05, 3.63) is 71.4 Å². The lowest BCUT2D eigenvalue weighted by atomic mass is 9.94. The summed E-state index contributed by atoms with van der Waals surface area (Å²) in [6.07, 6.45) is 15.1. The van der Waals surface area contributed by atoms with Crippen LogP contribution in [0.5, 0.6) is 0 Å². The summed E-state index contributed by atoms with van der Waals surface area (Å²) in [5.74, 6) is 0. The van der Waals surface area contributed by atoms with Gasteiger partial charge in [0.2, 0.25) is 0 Å². The minimum Gasteiger partial charge on any atom is -0.346 e. The SMILES string of the molecule is C=C/C=C(Cl)\N=C/CCC(=C)c1ccccc1/C(NC=NC1CCCCC1)=C(\C)C=O. The van der Waals surface area contributed by atoms with E-state index in [2.05, 4.69) is 28.5 Å². The number of nitrogens with one attached hydrogen (secondary N) is 1. The normalized spacial score (nSPS) is 16.4. The highest BCUT2D eigenvalue weighted by Crippen LogP contribution is 2.27. The molecule has 4 nitrogen and oxygen atoms in total. The first-order valence-electron chi connectivity index (χ1n) is 10.8. The zero-order valence-corrected chi connectivity index (χ0v) is 19.1. The first-order valence-corrected chi connectivity index (χ1v) is 11.2. The van der Waals surface area contributed by atoms with Crippen LogP contribution in [0.2, 0.25) is 0 Å². The predicted octanol–water partition coefficient (Wildman–Crippen LogP) is 6.70. The molecule has 0 radical (unpaired) electrons. The van der Waals surface area contributed by atoms with Crippen LogP contribution in [0.1, 0.15) is 63.0 Å². The fraction of sp³-hybridized carbons (Fsp3) is 0.346. The summed E-state index contributed by atoms with van der Waals surface area (Å²) in [6, 6.07) is 8.34. The number of hydrogen-bond donors (Lipinski definition) is 1. The molecule has 31 heavy (non-hydrogen) atoms. The van der Waals surface area contributed by atoms with Crippen molar-refractivity contribution in [3.63, 3.8) is 0 Å². The van der Waals surface area contributed by atoms with Gasteiger partial charge in [0.25, 0.3) is 0 Å². The van der Waals surface area contributed by atoms with Crippen molar-refractivity contribution in [1.29, 1.82) is 0 Å². The van der Waals surface area contributed by atoms with E-state index in [1.807, 2.05) is 31.2 Å². The molecule has 0 aliphatic heterocycles. The number of carbonyl (C=O) groups excluding carboxylic acids is 1. The summed E-state index contributed by atoms with van der Waals surface area (Å²) in [5, 5.41) is 3.68. The van der Waals surface area contributed by atoms with Gasteiger partial charge < -0.3 is 5.32 Å². The van der Waals surface area contributed by atoms with Crippen LogP contribution in [-0.2, 0) is 4.79 Å². The van der Waals surface area contributed by atoms with Crippen LogP contribution in [0.25, 0.3) is 11.3 Å². The summed E-state index contributed by atoms with van der Waals surface area (Å²) < 4.78 is 0. The second-order valence-corrected chi connectivity index (χ2v) is 8.00. The number of rotatable bonds is 11. The minimum absolute atomic E-state index is 0.366. The van der Waals surface area contributed by atoms with Crippen molar-refractivity contribution in [2.45, 2.75) is 57.9 Å². The lowest BCUT2D eigenvalue weighted by Gasteiger charge is -2.18. The number of aldehydes is 1. The van der Waals surface area contributed by atoms with E-state index in [0.29, 0.717) is 23.2 Å². The molecule has 1 N–H and O–H groups in total. The average molecular weight is 438 g/mol. The van der Waals surface area contributed by atoms with Gasteiger partial charge in [0.1, 0.15) is 11.4 Å². The van der Waals surface area contributed by atoms with Crippen LogP contribution >= 0.6 is 11.6 Å². The molecule has 164 valence electrons. The van der Waals surface area contributed by atoms with Crippen molar-refractivity contribution in [1.82, 2.24) is 5.32 Å². The van der Waals surface area contributed by atoms with Gasteiger partial charge in [0.05, 0.1) is 18.1 Å². The van der Waals surface area contributed by atoms with Gasteiger partial charge in [-0.15, -0.1) is 0 Å². The van der Waals surface area contributed by atoms with E-state index < -0.39 is 0 Å². The van der Waals surface area contributed by atoms with Crippen LogP contribution in [-0.4, -0.2) is 24.9 Å². The molecular weight excluding hydrogens is 406 g/mol. The maximum atomic E-state index is 11.6. The summed E-state index contributed by atoms with van der Waals surface area (Å²) in [4.78, 5) is 20.4. The van der Waals surface area contributed by atoms with E-state index in [4.69, 9.17) is 11.6 Å². The van der Waals surface area contributed by atoms with Crippen molar-refractivity contribution in [2.24, 2.45) is 9.98 Å². The van der Waals surface area contributed by atoms with E-state index in [0.717, 1.165) is 47.9 Å². The average Bonchev–Trinajstić information content (AvgIpc) is 2.80. The van der Waals surface area contributed by atoms with Gasteiger partial charge in [-0.25, -0.2) is 4.99 Å². The molecule has 0 amide bonds. The van der Waals surface area contributed by atoms with Gasteiger partial charge in [-0.3, -0.25) is 9.79 Å². The summed E-state index contributed by atoms with van der Waals surface area (Å²) in [6.45, 7) is 9.67. The summed E-state index contributed by atoms with van der Waals surface area (Å²) in [5.41, 5.74) is 4.29. The zero-order chi connectivity index (χ0) is 22.5. The molecule has 0 aromatic heterocycles. The third kappa shape index (κ3) is 8.14. The molecule has 0 heterocycles. The number of benzene rings is 1. The molecule has 1 aliphatic rings. The number of aliphatic imine (C=N–C) groups is 2. The zero-order valence-electron chi connectivity index (χ0n) is 18.3. The molecule has 1 fully saturated rings.